The highest BCUT2D eigenvalue weighted by atomic mass is 35.5. The van der Waals surface area contributed by atoms with Gasteiger partial charge in [-0.25, -0.2) is 13.2 Å². The van der Waals surface area contributed by atoms with Gasteiger partial charge in [0.05, 0.1) is 0 Å². The second-order valence-electron chi connectivity index (χ2n) is 2.84. The first-order valence-corrected chi connectivity index (χ1v) is 4.35. The summed E-state index contributed by atoms with van der Waals surface area (Å²) in [6, 6.07) is 0.433. The van der Waals surface area contributed by atoms with Crippen molar-refractivity contribution in [1.82, 2.24) is 0 Å². The molecular weight excluding hydrogens is 233 g/mol. The molecule has 0 heterocycles. The summed E-state index contributed by atoms with van der Waals surface area (Å²) < 4.78 is 38.9. The Hall–Kier alpha value is -1.23. The summed E-state index contributed by atoms with van der Waals surface area (Å²) in [5.41, 5.74) is -0.510. The Morgan fingerprint density at radius 1 is 1.33 bits per heavy atom. The summed E-state index contributed by atoms with van der Waals surface area (Å²) in [5, 5.41) is 7.51. The van der Waals surface area contributed by atoms with Gasteiger partial charge in [-0.1, -0.05) is 11.6 Å². The van der Waals surface area contributed by atoms with Crippen LogP contribution in [0.15, 0.2) is 6.07 Å². The molecule has 0 unspecified atom stereocenters. The molecule has 0 aliphatic carbocycles. The number of rotatable bonds is 3. The first-order valence-electron chi connectivity index (χ1n) is 3.97. The zero-order chi connectivity index (χ0) is 11.6. The molecule has 1 rings (SSSR count). The lowest BCUT2D eigenvalue weighted by atomic mass is 10.1. The Kier molecular flexibility index (Phi) is 3.57. The van der Waals surface area contributed by atoms with Gasteiger partial charge in [-0.05, 0) is 6.42 Å². The van der Waals surface area contributed by atoms with Crippen molar-refractivity contribution in [3.05, 3.63) is 34.1 Å². The molecule has 0 saturated carbocycles. The highest BCUT2D eigenvalue weighted by Crippen LogP contribution is 2.25. The van der Waals surface area contributed by atoms with Gasteiger partial charge in [-0.3, -0.25) is 4.79 Å². The molecule has 0 amide bonds. The molecule has 15 heavy (non-hydrogen) atoms. The Bertz CT molecular complexity index is 407. The van der Waals surface area contributed by atoms with Crippen LogP contribution in [0.3, 0.4) is 0 Å². The van der Waals surface area contributed by atoms with Crippen LogP contribution in [0.2, 0.25) is 5.02 Å². The monoisotopic (exact) mass is 238 g/mol. The van der Waals surface area contributed by atoms with Gasteiger partial charge >= 0.3 is 5.97 Å². The first kappa shape index (κ1) is 11.8. The van der Waals surface area contributed by atoms with Gasteiger partial charge in [0.25, 0.3) is 0 Å². The van der Waals surface area contributed by atoms with Crippen LogP contribution >= 0.6 is 11.6 Å². The number of carboxylic acids is 1. The number of aliphatic carboxylic acids is 1. The molecule has 0 aliphatic rings. The van der Waals surface area contributed by atoms with E-state index in [0.29, 0.717) is 6.07 Å². The van der Waals surface area contributed by atoms with Crippen molar-refractivity contribution in [3.8, 4) is 0 Å². The van der Waals surface area contributed by atoms with Crippen LogP contribution in [0.4, 0.5) is 13.2 Å². The van der Waals surface area contributed by atoms with Crippen molar-refractivity contribution in [3.63, 3.8) is 0 Å². The second kappa shape index (κ2) is 4.53. The van der Waals surface area contributed by atoms with Crippen LogP contribution in [0.5, 0.6) is 0 Å². The fourth-order valence-electron chi connectivity index (χ4n) is 1.06. The fourth-order valence-corrected chi connectivity index (χ4v) is 1.23. The zero-order valence-electron chi connectivity index (χ0n) is 7.36. The van der Waals surface area contributed by atoms with Crippen molar-refractivity contribution in [2.45, 2.75) is 12.8 Å². The lowest BCUT2D eigenvalue weighted by Crippen LogP contribution is -2.03. The van der Waals surface area contributed by atoms with Crippen molar-refractivity contribution < 1.29 is 23.1 Å². The highest BCUT2D eigenvalue weighted by Gasteiger charge is 2.17. The lowest BCUT2D eigenvalue weighted by molar-refractivity contribution is -0.136. The molecule has 0 spiro atoms. The van der Waals surface area contributed by atoms with Gasteiger partial charge in [0, 0.05) is 18.1 Å². The molecule has 1 N–H and O–H groups in total. The molecule has 82 valence electrons. The maximum atomic E-state index is 13.2. The Balaban J connectivity index is 3.07. The molecule has 1 aromatic rings. The highest BCUT2D eigenvalue weighted by molar-refractivity contribution is 6.30. The molecule has 0 bridgehead atoms. The summed E-state index contributed by atoms with van der Waals surface area (Å²) in [6.07, 6.45) is -0.817. The molecule has 0 saturated heterocycles. The second-order valence-corrected chi connectivity index (χ2v) is 3.22. The maximum Gasteiger partial charge on any atom is 0.303 e. The number of halogens is 4. The van der Waals surface area contributed by atoms with Gasteiger partial charge < -0.3 is 5.11 Å². The predicted molar refractivity (Wildman–Crippen MR) is 47.3 cm³/mol. The number of carbonyl (C=O) groups is 1. The Labute approximate surface area is 88.3 Å². The minimum absolute atomic E-state index is 0.368. The third-order valence-corrected chi connectivity index (χ3v) is 2.14. The molecule has 0 atom stereocenters. The van der Waals surface area contributed by atoms with E-state index in [1.54, 1.807) is 0 Å². The van der Waals surface area contributed by atoms with Crippen LogP contribution in [-0.4, -0.2) is 11.1 Å². The average Bonchev–Trinajstić information content (AvgIpc) is 2.14. The fraction of sp³-hybridized carbons (Fsp3) is 0.222. The van der Waals surface area contributed by atoms with E-state index in [9.17, 15) is 18.0 Å². The van der Waals surface area contributed by atoms with Crippen molar-refractivity contribution in [1.29, 1.82) is 0 Å². The van der Waals surface area contributed by atoms with Crippen molar-refractivity contribution >= 4 is 17.6 Å². The van der Waals surface area contributed by atoms with Gasteiger partial charge in [0.1, 0.15) is 16.7 Å². The van der Waals surface area contributed by atoms with E-state index in [-0.39, 0.29) is 6.42 Å². The van der Waals surface area contributed by atoms with Crippen LogP contribution < -0.4 is 0 Å². The van der Waals surface area contributed by atoms with Crippen LogP contribution in [0.25, 0.3) is 0 Å². The summed E-state index contributed by atoms with van der Waals surface area (Å²) in [7, 11) is 0. The maximum absolute atomic E-state index is 13.2. The molecular formula is C9H6ClF3O2. The summed E-state index contributed by atoms with van der Waals surface area (Å²) >= 11 is 5.21. The van der Waals surface area contributed by atoms with Gasteiger partial charge in [-0.2, -0.15) is 0 Å². The van der Waals surface area contributed by atoms with Crippen LogP contribution in [0, 0.1) is 17.5 Å². The largest absolute Gasteiger partial charge is 0.481 e. The number of benzene rings is 1. The molecule has 6 heteroatoms. The minimum Gasteiger partial charge on any atom is -0.481 e. The Morgan fingerprint density at radius 2 is 1.93 bits per heavy atom. The van der Waals surface area contributed by atoms with E-state index < -0.39 is 40.4 Å². The minimum atomic E-state index is -1.24. The smallest absolute Gasteiger partial charge is 0.303 e. The predicted octanol–water partition coefficient (Wildman–Crippen LogP) is 2.77. The van der Waals surface area contributed by atoms with Crippen LogP contribution in [0.1, 0.15) is 12.0 Å². The summed E-state index contributed by atoms with van der Waals surface area (Å²) in [5.74, 6) is -4.77. The molecule has 1 aromatic carbocycles. The summed E-state index contributed by atoms with van der Waals surface area (Å²) in [6.45, 7) is 0. The third-order valence-electron chi connectivity index (χ3n) is 1.80. The molecule has 0 aromatic heterocycles. The normalized spacial score (nSPS) is 10.4. The molecule has 2 nitrogen and oxygen atoms in total. The standard InChI is InChI=1S/C9H6ClF3O2/c10-8-6(12)3-5(11)4(9(8)13)1-2-7(14)15/h3H,1-2H2,(H,14,15). The topological polar surface area (TPSA) is 37.3 Å². The number of carboxylic acid groups (broad SMARTS) is 1. The third kappa shape index (κ3) is 2.62. The van der Waals surface area contributed by atoms with E-state index in [0.717, 1.165) is 0 Å². The Morgan fingerprint density at radius 3 is 2.47 bits per heavy atom. The SMILES string of the molecule is O=C(O)CCc1c(F)cc(F)c(Cl)c1F. The van der Waals surface area contributed by atoms with Gasteiger partial charge in [0.2, 0.25) is 0 Å². The van der Waals surface area contributed by atoms with E-state index in [4.69, 9.17) is 16.7 Å². The first-order chi connectivity index (χ1) is 6.93. The molecule has 0 fully saturated rings. The van der Waals surface area contributed by atoms with E-state index >= 15 is 0 Å². The van der Waals surface area contributed by atoms with Gasteiger partial charge in [0.15, 0.2) is 5.82 Å². The van der Waals surface area contributed by atoms with E-state index in [1.165, 1.54) is 0 Å². The van der Waals surface area contributed by atoms with Crippen molar-refractivity contribution in [2.75, 3.05) is 0 Å². The molecule has 0 aliphatic heterocycles. The van der Waals surface area contributed by atoms with Gasteiger partial charge in [-0.15, -0.1) is 0 Å². The number of hydrogen-bond acceptors (Lipinski definition) is 1. The lowest BCUT2D eigenvalue weighted by Gasteiger charge is -2.05. The van der Waals surface area contributed by atoms with Crippen LogP contribution in [-0.2, 0) is 11.2 Å². The van der Waals surface area contributed by atoms with Crippen molar-refractivity contribution in [2.24, 2.45) is 0 Å². The number of hydrogen-bond donors (Lipinski definition) is 1. The molecule has 0 radical (unpaired) electrons. The quantitative estimate of drug-likeness (QED) is 0.649. The summed E-state index contributed by atoms with van der Waals surface area (Å²) in [4.78, 5) is 10.2. The average molecular weight is 239 g/mol. The van der Waals surface area contributed by atoms with E-state index in [2.05, 4.69) is 0 Å². The van der Waals surface area contributed by atoms with E-state index in [1.807, 2.05) is 0 Å². The zero-order valence-corrected chi connectivity index (χ0v) is 8.11.